The summed E-state index contributed by atoms with van der Waals surface area (Å²) in [6, 6.07) is 4.30. The minimum absolute atomic E-state index is 0.501. The molecule has 0 atom stereocenters. The smallest absolute Gasteiger partial charge is 0.162 e. The Morgan fingerprint density at radius 2 is 1.68 bits per heavy atom. The maximum Gasteiger partial charge on any atom is 0.162 e. The van der Waals surface area contributed by atoms with Crippen LogP contribution in [-0.4, -0.2) is 9.97 Å². The van der Waals surface area contributed by atoms with Crippen molar-refractivity contribution in [3.8, 4) is 11.4 Å². The molecule has 0 unspecified atom stereocenters. The summed E-state index contributed by atoms with van der Waals surface area (Å²) >= 11 is 3.45. The van der Waals surface area contributed by atoms with Gasteiger partial charge in [-0.2, -0.15) is 0 Å². The van der Waals surface area contributed by atoms with Crippen molar-refractivity contribution in [3.63, 3.8) is 0 Å². The lowest BCUT2D eigenvalue weighted by Gasteiger charge is -2.12. The van der Waals surface area contributed by atoms with E-state index in [9.17, 15) is 0 Å². The van der Waals surface area contributed by atoms with Crippen molar-refractivity contribution in [2.75, 3.05) is 5.73 Å². The van der Waals surface area contributed by atoms with Crippen molar-refractivity contribution in [2.24, 2.45) is 0 Å². The van der Waals surface area contributed by atoms with Gasteiger partial charge >= 0.3 is 0 Å². The van der Waals surface area contributed by atoms with E-state index in [1.807, 2.05) is 0 Å². The van der Waals surface area contributed by atoms with Crippen molar-refractivity contribution in [1.82, 2.24) is 9.97 Å². The zero-order chi connectivity index (χ0) is 14.2. The maximum absolute atomic E-state index is 5.97. The highest BCUT2D eigenvalue weighted by molar-refractivity contribution is 9.10. The lowest BCUT2D eigenvalue weighted by Crippen LogP contribution is -2.04. The van der Waals surface area contributed by atoms with Gasteiger partial charge in [0.1, 0.15) is 5.82 Å². The average molecular weight is 320 g/mol. The van der Waals surface area contributed by atoms with Crippen LogP contribution >= 0.6 is 15.9 Å². The zero-order valence-electron chi connectivity index (χ0n) is 11.7. The molecule has 0 saturated carbocycles. The van der Waals surface area contributed by atoms with Crippen molar-refractivity contribution in [1.29, 1.82) is 0 Å². The summed E-state index contributed by atoms with van der Waals surface area (Å²) in [6.45, 7) is 8.33. The van der Waals surface area contributed by atoms with Crippen molar-refractivity contribution < 1.29 is 0 Å². The Morgan fingerprint density at radius 1 is 1.11 bits per heavy atom. The second-order valence-corrected chi connectivity index (χ2v) is 5.61. The molecule has 0 aliphatic rings. The number of rotatable bonds is 2. The summed E-state index contributed by atoms with van der Waals surface area (Å²) in [4.78, 5) is 9.06. The van der Waals surface area contributed by atoms with E-state index < -0.39 is 0 Å². The van der Waals surface area contributed by atoms with E-state index in [1.165, 1.54) is 16.7 Å². The van der Waals surface area contributed by atoms with E-state index in [-0.39, 0.29) is 0 Å². The molecule has 0 bridgehead atoms. The van der Waals surface area contributed by atoms with Gasteiger partial charge in [-0.05, 0) is 54.2 Å². The molecule has 0 spiro atoms. The maximum atomic E-state index is 5.97. The van der Waals surface area contributed by atoms with Crippen molar-refractivity contribution in [3.05, 3.63) is 39.0 Å². The molecule has 1 heterocycles. The second-order valence-electron chi connectivity index (χ2n) is 4.82. The number of anilines is 1. The van der Waals surface area contributed by atoms with Crippen LogP contribution in [0.1, 0.15) is 29.3 Å². The molecule has 0 aliphatic heterocycles. The van der Waals surface area contributed by atoms with E-state index in [0.717, 1.165) is 22.2 Å². The molecule has 2 aromatic rings. The summed E-state index contributed by atoms with van der Waals surface area (Å²) < 4.78 is 0.807. The lowest BCUT2D eigenvalue weighted by atomic mass is 9.99. The first kappa shape index (κ1) is 14.0. The number of nitrogen functional groups attached to an aromatic ring is 1. The molecule has 0 saturated heterocycles. The Bertz CT molecular complexity index is 613. The van der Waals surface area contributed by atoms with E-state index in [2.05, 4.69) is 65.7 Å². The number of hydrogen-bond donors (Lipinski definition) is 1. The Morgan fingerprint density at radius 3 is 2.21 bits per heavy atom. The van der Waals surface area contributed by atoms with Crippen LogP contribution in [0.15, 0.2) is 16.6 Å². The van der Waals surface area contributed by atoms with Crippen LogP contribution in [0.4, 0.5) is 5.82 Å². The average Bonchev–Trinajstić information content (AvgIpc) is 2.32. The van der Waals surface area contributed by atoms with Gasteiger partial charge in [-0.1, -0.05) is 24.6 Å². The Kier molecular flexibility index (Phi) is 3.90. The Hall–Kier alpha value is -1.42. The summed E-state index contributed by atoms with van der Waals surface area (Å²) in [5, 5.41) is 0. The first-order chi connectivity index (χ1) is 8.93. The van der Waals surface area contributed by atoms with Crippen LogP contribution in [0, 0.1) is 20.8 Å². The number of aryl methyl sites for hydroxylation is 4. The standard InChI is InChI=1S/C15H18BrN3/c1-5-11-13(16)14(17)19-15(18-11)12-9(3)6-8(2)7-10(12)4/h6-7H,5H2,1-4H3,(H2,17,18,19). The Labute approximate surface area is 122 Å². The molecule has 1 aromatic carbocycles. The number of nitrogens with zero attached hydrogens (tertiary/aromatic N) is 2. The highest BCUT2D eigenvalue weighted by atomic mass is 79.9. The van der Waals surface area contributed by atoms with Crippen LogP contribution in [0.3, 0.4) is 0 Å². The van der Waals surface area contributed by atoms with Crippen molar-refractivity contribution >= 4 is 21.7 Å². The molecule has 2 rings (SSSR count). The van der Waals surface area contributed by atoms with Crippen LogP contribution in [0.5, 0.6) is 0 Å². The van der Waals surface area contributed by atoms with Gasteiger partial charge in [-0.25, -0.2) is 9.97 Å². The molecule has 0 amide bonds. The largest absolute Gasteiger partial charge is 0.383 e. The van der Waals surface area contributed by atoms with Gasteiger partial charge in [0.15, 0.2) is 5.82 Å². The fourth-order valence-electron chi connectivity index (χ4n) is 2.39. The summed E-state index contributed by atoms with van der Waals surface area (Å²) in [5.74, 6) is 1.22. The van der Waals surface area contributed by atoms with E-state index in [1.54, 1.807) is 0 Å². The summed E-state index contributed by atoms with van der Waals surface area (Å²) in [7, 11) is 0. The van der Waals surface area contributed by atoms with Crippen LogP contribution in [0.25, 0.3) is 11.4 Å². The van der Waals surface area contributed by atoms with Gasteiger partial charge in [0, 0.05) is 5.56 Å². The molecule has 0 fully saturated rings. The molecule has 0 radical (unpaired) electrons. The topological polar surface area (TPSA) is 51.8 Å². The van der Waals surface area contributed by atoms with Gasteiger partial charge in [0.25, 0.3) is 0 Å². The minimum Gasteiger partial charge on any atom is -0.383 e. The Balaban J connectivity index is 2.69. The van der Waals surface area contributed by atoms with Crippen molar-refractivity contribution in [2.45, 2.75) is 34.1 Å². The number of hydrogen-bond acceptors (Lipinski definition) is 3. The fraction of sp³-hybridized carbons (Fsp3) is 0.333. The van der Waals surface area contributed by atoms with Gasteiger partial charge in [-0.3, -0.25) is 0 Å². The fourth-order valence-corrected chi connectivity index (χ4v) is 2.85. The summed E-state index contributed by atoms with van der Waals surface area (Å²) in [5.41, 5.74) is 11.6. The SMILES string of the molecule is CCc1nc(-c2c(C)cc(C)cc2C)nc(N)c1Br. The highest BCUT2D eigenvalue weighted by Gasteiger charge is 2.14. The third kappa shape index (κ3) is 2.63. The normalized spacial score (nSPS) is 10.8. The summed E-state index contributed by atoms with van der Waals surface area (Å²) in [6.07, 6.45) is 0.824. The predicted octanol–water partition coefficient (Wildman–Crippen LogP) is 3.98. The first-order valence-corrected chi connectivity index (χ1v) is 7.13. The van der Waals surface area contributed by atoms with Gasteiger partial charge in [0.05, 0.1) is 10.2 Å². The van der Waals surface area contributed by atoms with Crippen LogP contribution < -0.4 is 5.73 Å². The van der Waals surface area contributed by atoms with E-state index >= 15 is 0 Å². The number of benzene rings is 1. The van der Waals surface area contributed by atoms with Gasteiger partial charge in [0.2, 0.25) is 0 Å². The predicted molar refractivity (Wildman–Crippen MR) is 83.2 cm³/mol. The van der Waals surface area contributed by atoms with Gasteiger partial charge in [-0.15, -0.1) is 0 Å². The molecular weight excluding hydrogens is 302 g/mol. The number of nitrogens with two attached hydrogens (primary N) is 1. The molecular formula is C15H18BrN3. The monoisotopic (exact) mass is 319 g/mol. The highest BCUT2D eigenvalue weighted by Crippen LogP contribution is 2.29. The zero-order valence-corrected chi connectivity index (χ0v) is 13.3. The number of aromatic nitrogens is 2. The molecule has 100 valence electrons. The van der Waals surface area contributed by atoms with E-state index in [4.69, 9.17) is 5.73 Å². The van der Waals surface area contributed by atoms with E-state index in [0.29, 0.717) is 11.6 Å². The third-order valence-corrected chi connectivity index (χ3v) is 4.04. The molecule has 4 heteroatoms. The molecule has 2 N–H and O–H groups in total. The molecule has 1 aromatic heterocycles. The molecule has 0 aliphatic carbocycles. The molecule has 3 nitrogen and oxygen atoms in total. The quantitative estimate of drug-likeness (QED) is 0.911. The van der Waals surface area contributed by atoms with Crippen LogP contribution in [0.2, 0.25) is 0 Å². The van der Waals surface area contributed by atoms with Gasteiger partial charge < -0.3 is 5.73 Å². The third-order valence-electron chi connectivity index (χ3n) is 3.18. The number of halogens is 1. The molecule has 19 heavy (non-hydrogen) atoms. The van der Waals surface area contributed by atoms with Crippen LogP contribution in [-0.2, 0) is 6.42 Å². The first-order valence-electron chi connectivity index (χ1n) is 6.34. The second kappa shape index (κ2) is 5.29. The minimum atomic E-state index is 0.501. The lowest BCUT2D eigenvalue weighted by molar-refractivity contribution is 0.992.